The number of Topliss-reactive ketones (excluding diaryl/α,β-unsaturated/α-hetero) is 1. The number of nitrogens with zero attached hydrogens (tertiary/aromatic N) is 1. The highest BCUT2D eigenvalue weighted by molar-refractivity contribution is 5.91. The van der Waals surface area contributed by atoms with Gasteiger partial charge in [-0.1, -0.05) is 30.3 Å². The van der Waals surface area contributed by atoms with Gasteiger partial charge in [-0.3, -0.25) is 9.69 Å². The molecule has 0 N–H and O–H groups in total. The maximum absolute atomic E-state index is 12.5. The van der Waals surface area contributed by atoms with Crippen LogP contribution in [0.5, 0.6) is 0 Å². The van der Waals surface area contributed by atoms with E-state index < -0.39 is 11.8 Å². The Morgan fingerprint density at radius 1 is 1.24 bits per heavy atom. The van der Waals surface area contributed by atoms with Gasteiger partial charge in [0.1, 0.15) is 6.61 Å². The van der Waals surface area contributed by atoms with Gasteiger partial charge in [0.25, 0.3) is 0 Å². The summed E-state index contributed by atoms with van der Waals surface area (Å²) in [6.45, 7) is 0.251. The molecule has 0 radical (unpaired) electrons. The summed E-state index contributed by atoms with van der Waals surface area (Å²) in [5.74, 6) is -0.0315. The molecule has 1 aliphatic carbocycles. The lowest BCUT2D eigenvalue weighted by Gasteiger charge is -2.42. The third-order valence-corrected chi connectivity index (χ3v) is 4.39. The third kappa shape index (κ3) is 2.21. The molecule has 1 amide bonds. The molecule has 0 spiro atoms. The second-order valence-electron chi connectivity index (χ2n) is 5.49. The molecule has 21 heavy (non-hydrogen) atoms. The van der Waals surface area contributed by atoms with E-state index in [9.17, 15) is 9.59 Å². The Morgan fingerprint density at radius 2 is 2.00 bits per heavy atom. The first-order valence-electron chi connectivity index (χ1n) is 7.28. The van der Waals surface area contributed by atoms with Gasteiger partial charge in [0.05, 0.1) is 6.04 Å². The lowest BCUT2D eigenvalue weighted by Crippen LogP contribution is -2.58. The van der Waals surface area contributed by atoms with E-state index in [0.29, 0.717) is 12.8 Å². The van der Waals surface area contributed by atoms with Crippen LogP contribution in [0.25, 0.3) is 0 Å². The van der Waals surface area contributed by atoms with Gasteiger partial charge in [-0.25, -0.2) is 4.79 Å². The second-order valence-corrected chi connectivity index (χ2v) is 5.49. The SMILES string of the molecule is CO[C@]1(N2C(=O)OC[C@H]2c2ccccc2)CCCCC1=O. The number of amides is 1. The number of hydrogen-bond donors (Lipinski definition) is 0. The fourth-order valence-corrected chi connectivity index (χ4v) is 3.30. The molecule has 1 aliphatic heterocycles. The van der Waals surface area contributed by atoms with Crippen molar-refractivity contribution in [2.24, 2.45) is 0 Å². The highest BCUT2D eigenvalue weighted by Crippen LogP contribution is 2.40. The lowest BCUT2D eigenvalue weighted by atomic mass is 9.87. The minimum absolute atomic E-state index is 0.0315. The Labute approximate surface area is 123 Å². The van der Waals surface area contributed by atoms with Crippen LogP contribution in [0.1, 0.15) is 37.3 Å². The van der Waals surface area contributed by atoms with Gasteiger partial charge in [-0.05, 0) is 18.4 Å². The van der Waals surface area contributed by atoms with E-state index in [0.717, 1.165) is 18.4 Å². The maximum Gasteiger partial charge on any atom is 0.413 e. The van der Waals surface area contributed by atoms with Crippen molar-refractivity contribution in [3.63, 3.8) is 0 Å². The fourth-order valence-electron chi connectivity index (χ4n) is 3.30. The Balaban J connectivity index is 2.00. The second kappa shape index (κ2) is 5.48. The summed E-state index contributed by atoms with van der Waals surface area (Å²) in [5, 5.41) is 0. The topological polar surface area (TPSA) is 55.8 Å². The highest BCUT2D eigenvalue weighted by atomic mass is 16.6. The van der Waals surface area contributed by atoms with E-state index in [1.807, 2.05) is 30.3 Å². The molecule has 2 aliphatic rings. The first kappa shape index (κ1) is 14.1. The molecule has 1 saturated heterocycles. The molecule has 5 nitrogen and oxygen atoms in total. The van der Waals surface area contributed by atoms with Crippen LogP contribution in [0.15, 0.2) is 30.3 Å². The summed E-state index contributed by atoms with van der Waals surface area (Å²) in [6.07, 6.45) is 2.22. The monoisotopic (exact) mass is 289 g/mol. The molecule has 2 fully saturated rings. The van der Waals surface area contributed by atoms with Gasteiger partial charge in [-0.15, -0.1) is 0 Å². The van der Waals surface area contributed by atoms with Crippen LogP contribution in [-0.2, 0) is 14.3 Å². The van der Waals surface area contributed by atoms with Gasteiger partial charge in [0, 0.05) is 20.0 Å². The number of ketones is 1. The standard InChI is InChI=1S/C16H19NO4/c1-20-16(10-6-5-9-14(16)18)17-13(11-21-15(17)19)12-7-3-2-4-8-12/h2-4,7-8,13H,5-6,9-11H2,1H3/t13-,16+/m0/s1. The van der Waals surface area contributed by atoms with E-state index >= 15 is 0 Å². The van der Waals surface area contributed by atoms with Crippen LogP contribution in [0.4, 0.5) is 4.79 Å². The molecule has 1 aromatic rings. The van der Waals surface area contributed by atoms with Crippen molar-refractivity contribution in [1.82, 2.24) is 4.90 Å². The Morgan fingerprint density at radius 3 is 2.67 bits per heavy atom. The lowest BCUT2D eigenvalue weighted by molar-refractivity contribution is -0.171. The molecule has 112 valence electrons. The minimum atomic E-state index is -1.17. The van der Waals surface area contributed by atoms with Crippen molar-refractivity contribution < 1.29 is 19.1 Å². The van der Waals surface area contributed by atoms with Crippen molar-refractivity contribution in [3.8, 4) is 0 Å². The van der Waals surface area contributed by atoms with Crippen molar-refractivity contribution in [3.05, 3.63) is 35.9 Å². The van der Waals surface area contributed by atoms with Gasteiger partial charge in [0.15, 0.2) is 5.78 Å². The number of methoxy groups -OCH3 is 1. The van der Waals surface area contributed by atoms with E-state index in [-0.39, 0.29) is 18.4 Å². The van der Waals surface area contributed by atoms with E-state index in [1.54, 1.807) is 0 Å². The number of rotatable bonds is 3. The smallest absolute Gasteiger partial charge is 0.413 e. The zero-order valence-electron chi connectivity index (χ0n) is 12.1. The number of hydrogen-bond acceptors (Lipinski definition) is 4. The Bertz CT molecular complexity index is 544. The first-order valence-corrected chi connectivity index (χ1v) is 7.28. The predicted octanol–water partition coefficient (Wildman–Crippen LogP) is 2.67. The number of ether oxygens (including phenoxy) is 2. The molecule has 2 atom stereocenters. The van der Waals surface area contributed by atoms with Crippen LogP contribution in [0.2, 0.25) is 0 Å². The number of cyclic esters (lactones) is 1. The van der Waals surface area contributed by atoms with Gasteiger partial charge in [-0.2, -0.15) is 0 Å². The molecule has 1 aromatic carbocycles. The van der Waals surface area contributed by atoms with E-state index in [4.69, 9.17) is 9.47 Å². The summed E-state index contributed by atoms with van der Waals surface area (Å²) in [7, 11) is 1.50. The van der Waals surface area contributed by atoms with Crippen molar-refractivity contribution in [1.29, 1.82) is 0 Å². The van der Waals surface area contributed by atoms with Crippen molar-refractivity contribution in [2.75, 3.05) is 13.7 Å². The Kier molecular flexibility index (Phi) is 3.68. The molecule has 1 heterocycles. The normalized spacial score (nSPS) is 29.6. The van der Waals surface area contributed by atoms with Gasteiger partial charge in [0.2, 0.25) is 5.72 Å². The third-order valence-electron chi connectivity index (χ3n) is 4.39. The summed E-state index contributed by atoms with van der Waals surface area (Å²) < 4.78 is 10.8. The van der Waals surface area contributed by atoms with E-state index in [1.165, 1.54) is 12.0 Å². The molecule has 5 heteroatoms. The minimum Gasteiger partial charge on any atom is -0.447 e. The number of benzene rings is 1. The van der Waals surface area contributed by atoms with Crippen molar-refractivity contribution in [2.45, 2.75) is 37.5 Å². The predicted molar refractivity (Wildman–Crippen MR) is 75.6 cm³/mol. The summed E-state index contributed by atoms with van der Waals surface area (Å²) >= 11 is 0. The van der Waals surface area contributed by atoms with Gasteiger partial charge >= 0.3 is 6.09 Å². The molecular weight excluding hydrogens is 270 g/mol. The molecule has 3 rings (SSSR count). The van der Waals surface area contributed by atoms with Crippen molar-refractivity contribution >= 4 is 11.9 Å². The maximum atomic E-state index is 12.5. The van der Waals surface area contributed by atoms with Crippen LogP contribution in [0, 0.1) is 0 Å². The fraction of sp³-hybridized carbons (Fsp3) is 0.500. The molecular formula is C16H19NO4. The number of carbonyl (C=O) groups is 2. The molecule has 1 saturated carbocycles. The van der Waals surface area contributed by atoms with Crippen LogP contribution in [0.3, 0.4) is 0 Å². The summed E-state index contributed by atoms with van der Waals surface area (Å²) in [6, 6.07) is 9.35. The largest absolute Gasteiger partial charge is 0.447 e. The summed E-state index contributed by atoms with van der Waals surface area (Å²) in [5.41, 5.74) is -0.218. The first-order chi connectivity index (χ1) is 10.2. The highest BCUT2D eigenvalue weighted by Gasteiger charge is 2.54. The van der Waals surface area contributed by atoms with Crippen LogP contribution >= 0.6 is 0 Å². The summed E-state index contributed by atoms with van der Waals surface area (Å²) in [4.78, 5) is 26.2. The molecule has 0 bridgehead atoms. The zero-order chi connectivity index (χ0) is 14.9. The quantitative estimate of drug-likeness (QED) is 0.858. The zero-order valence-corrected chi connectivity index (χ0v) is 12.1. The van der Waals surface area contributed by atoms with E-state index in [2.05, 4.69) is 0 Å². The molecule has 0 aromatic heterocycles. The average Bonchev–Trinajstić information content (AvgIpc) is 2.91. The van der Waals surface area contributed by atoms with Gasteiger partial charge < -0.3 is 9.47 Å². The van der Waals surface area contributed by atoms with Crippen LogP contribution < -0.4 is 0 Å². The number of carbonyl (C=O) groups excluding carboxylic acids is 2. The Hall–Kier alpha value is -1.88. The molecule has 0 unspecified atom stereocenters. The average molecular weight is 289 g/mol. The van der Waals surface area contributed by atoms with Crippen LogP contribution in [-0.4, -0.2) is 36.2 Å².